The molecule has 1 aromatic heterocycles. The molecular formula is C22H28N3O3S+. The Morgan fingerprint density at radius 2 is 1.76 bits per heavy atom. The van der Waals surface area contributed by atoms with E-state index >= 15 is 0 Å². The Bertz CT molecular complexity index is 916. The molecule has 0 saturated heterocycles. The van der Waals surface area contributed by atoms with Crippen molar-refractivity contribution in [1.29, 1.82) is 0 Å². The lowest BCUT2D eigenvalue weighted by Gasteiger charge is -2.20. The summed E-state index contributed by atoms with van der Waals surface area (Å²) in [6.07, 6.45) is 1.15. The Labute approximate surface area is 175 Å². The van der Waals surface area contributed by atoms with Gasteiger partial charge in [-0.25, -0.2) is 4.98 Å². The van der Waals surface area contributed by atoms with Crippen LogP contribution in [0.25, 0.3) is 10.2 Å². The molecule has 7 heteroatoms. The number of anilines is 1. The highest BCUT2D eigenvalue weighted by Gasteiger charge is 2.23. The standard InChI is InChI=1S/C22H27N3O3S/c1-24(2)14-15-25(19(26)13-10-16-8-6-5-7-9-16)22-23-20-17(27-3)11-12-18(28-4)21(20)29-22/h5-9,11-12H,10,13-15H2,1-4H3/p+1. The van der Waals surface area contributed by atoms with Crippen molar-refractivity contribution in [2.75, 3.05) is 46.3 Å². The second-order valence-corrected chi connectivity index (χ2v) is 8.11. The average Bonchev–Trinajstić information content (AvgIpc) is 3.17. The van der Waals surface area contributed by atoms with E-state index < -0.39 is 0 Å². The highest BCUT2D eigenvalue weighted by molar-refractivity contribution is 7.22. The number of aryl methyl sites for hydroxylation is 1. The van der Waals surface area contributed by atoms with Crippen LogP contribution in [0.4, 0.5) is 5.13 Å². The van der Waals surface area contributed by atoms with Crippen molar-refractivity contribution in [2.45, 2.75) is 12.8 Å². The predicted octanol–water partition coefficient (Wildman–Crippen LogP) is 2.42. The van der Waals surface area contributed by atoms with Crippen LogP contribution < -0.4 is 19.3 Å². The van der Waals surface area contributed by atoms with E-state index in [1.54, 1.807) is 19.1 Å². The van der Waals surface area contributed by atoms with Gasteiger partial charge in [-0.05, 0) is 24.1 Å². The lowest BCUT2D eigenvalue weighted by Crippen LogP contribution is -3.06. The molecule has 3 rings (SSSR count). The molecule has 0 aliphatic rings. The van der Waals surface area contributed by atoms with E-state index in [0.717, 1.165) is 28.1 Å². The van der Waals surface area contributed by atoms with Crippen molar-refractivity contribution in [1.82, 2.24) is 4.98 Å². The minimum Gasteiger partial charge on any atom is -0.495 e. The first-order valence-electron chi connectivity index (χ1n) is 9.68. The van der Waals surface area contributed by atoms with Crippen molar-refractivity contribution in [3.05, 3.63) is 48.0 Å². The number of hydrogen-bond acceptors (Lipinski definition) is 5. The van der Waals surface area contributed by atoms with E-state index in [0.29, 0.717) is 30.3 Å². The van der Waals surface area contributed by atoms with Gasteiger partial charge in [-0.1, -0.05) is 41.7 Å². The predicted molar refractivity (Wildman–Crippen MR) is 118 cm³/mol. The maximum absolute atomic E-state index is 13.1. The highest BCUT2D eigenvalue weighted by atomic mass is 32.1. The molecule has 1 N–H and O–H groups in total. The molecule has 0 atom stereocenters. The summed E-state index contributed by atoms with van der Waals surface area (Å²) in [5.41, 5.74) is 1.89. The monoisotopic (exact) mass is 414 g/mol. The smallest absolute Gasteiger partial charge is 0.229 e. The quantitative estimate of drug-likeness (QED) is 0.584. The summed E-state index contributed by atoms with van der Waals surface area (Å²) >= 11 is 1.47. The van der Waals surface area contributed by atoms with E-state index in [4.69, 9.17) is 14.5 Å². The number of hydrogen-bond donors (Lipinski definition) is 1. The number of thiazole rings is 1. The fourth-order valence-electron chi connectivity index (χ4n) is 3.08. The third-order valence-electron chi connectivity index (χ3n) is 4.74. The summed E-state index contributed by atoms with van der Waals surface area (Å²) in [6, 6.07) is 13.8. The molecule has 0 saturated carbocycles. The first-order valence-corrected chi connectivity index (χ1v) is 10.5. The van der Waals surface area contributed by atoms with Crippen molar-refractivity contribution >= 4 is 32.6 Å². The van der Waals surface area contributed by atoms with Crippen LogP contribution in [-0.4, -0.2) is 52.3 Å². The number of nitrogens with zero attached hydrogens (tertiary/aromatic N) is 2. The number of rotatable bonds is 9. The minimum absolute atomic E-state index is 0.0760. The van der Waals surface area contributed by atoms with E-state index in [-0.39, 0.29) is 5.91 Å². The van der Waals surface area contributed by atoms with Gasteiger partial charge in [-0.3, -0.25) is 9.69 Å². The van der Waals surface area contributed by atoms with Crippen LogP contribution in [0.5, 0.6) is 11.5 Å². The molecular weight excluding hydrogens is 386 g/mol. The van der Waals surface area contributed by atoms with Gasteiger partial charge in [0.1, 0.15) is 21.7 Å². The zero-order chi connectivity index (χ0) is 20.8. The molecule has 154 valence electrons. The van der Waals surface area contributed by atoms with Crippen LogP contribution in [0.3, 0.4) is 0 Å². The summed E-state index contributed by atoms with van der Waals surface area (Å²) in [7, 11) is 7.42. The number of carbonyl (C=O) groups is 1. The summed E-state index contributed by atoms with van der Waals surface area (Å²) < 4.78 is 11.8. The molecule has 0 unspecified atom stereocenters. The maximum Gasteiger partial charge on any atom is 0.229 e. The van der Waals surface area contributed by atoms with Crippen molar-refractivity contribution in [3.8, 4) is 11.5 Å². The van der Waals surface area contributed by atoms with Gasteiger partial charge < -0.3 is 14.4 Å². The van der Waals surface area contributed by atoms with Gasteiger partial charge in [0.2, 0.25) is 5.91 Å². The number of ether oxygens (including phenoxy) is 2. The second kappa shape index (κ2) is 9.71. The largest absolute Gasteiger partial charge is 0.495 e. The summed E-state index contributed by atoms with van der Waals surface area (Å²) in [5.74, 6) is 1.49. The minimum atomic E-state index is 0.0760. The molecule has 0 aliphatic heterocycles. The Morgan fingerprint density at radius 3 is 2.41 bits per heavy atom. The number of aromatic nitrogens is 1. The zero-order valence-electron chi connectivity index (χ0n) is 17.4. The van der Waals surface area contributed by atoms with Gasteiger partial charge in [0, 0.05) is 6.42 Å². The number of methoxy groups -OCH3 is 2. The molecule has 0 spiro atoms. The Hall–Kier alpha value is -2.64. The Balaban J connectivity index is 1.90. The van der Waals surface area contributed by atoms with E-state index in [1.807, 2.05) is 30.3 Å². The third kappa shape index (κ3) is 5.05. The molecule has 29 heavy (non-hydrogen) atoms. The topological polar surface area (TPSA) is 56.1 Å². The van der Waals surface area contributed by atoms with Crippen LogP contribution in [0, 0.1) is 0 Å². The number of benzene rings is 2. The van der Waals surface area contributed by atoms with Crippen molar-refractivity contribution < 1.29 is 19.2 Å². The lowest BCUT2D eigenvalue weighted by molar-refractivity contribution is -0.856. The van der Waals surface area contributed by atoms with Crippen LogP contribution in [0.1, 0.15) is 12.0 Å². The van der Waals surface area contributed by atoms with E-state index in [2.05, 4.69) is 26.2 Å². The van der Waals surface area contributed by atoms with Gasteiger partial charge in [0.25, 0.3) is 0 Å². The normalized spacial score (nSPS) is 11.1. The fourth-order valence-corrected chi connectivity index (χ4v) is 4.20. The van der Waals surface area contributed by atoms with Crippen molar-refractivity contribution in [2.24, 2.45) is 0 Å². The Kier molecular flexibility index (Phi) is 7.06. The lowest BCUT2D eigenvalue weighted by atomic mass is 10.1. The fraction of sp³-hybridized carbons (Fsp3) is 0.364. The zero-order valence-corrected chi connectivity index (χ0v) is 18.2. The number of carbonyl (C=O) groups excluding carboxylic acids is 1. The van der Waals surface area contributed by atoms with Gasteiger partial charge in [0.15, 0.2) is 5.13 Å². The van der Waals surface area contributed by atoms with Crippen LogP contribution in [0.2, 0.25) is 0 Å². The molecule has 0 bridgehead atoms. The van der Waals surface area contributed by atoms with Gasteiger partial charge in [0.05, 0.1) is 41.4 Å². The van der Waals surface area contributed by atoms with Gasteiger partial charge >= 0.3 is 0 Å². The molecule has 2 aromatic carbocycles. The molecule has 6 nitrogen and oxygen atoms in total. The number of amides is 1. The summed E-state index contributed by atoms with van der Waals surface area (Å²) in [4.78, 5) is 21.0. The molecule has 1 amide bonds. The first kappa shape index (κ1) is 21.1. The van der Waals surface area contributed by atoms with Crippen LogP contribution in [-0.2, 0) is 11.2 Å². The van der Waals surface area contributed by atoms with Crippen LogP contribution >= 0.6 is 11.3 Å². The Morgan fingerprint density at radius 1 is 1.07 bits per heavy atom. The number of quaternary nitrogens is 1. The van der Waals surface area contributed by atoms with Gasteiger partial charge in [-0.2, -0.15) is 0 Å². The summed E-state index contributed by atoms with van der Waals surface area (Å²) in [6.45, 7) is 1.45. The number of fused-ring (bicyclic) bond motifs is 1. The van der Waals surface area contributed by atoms with Crippen LogP contribution in [0.15, 0.2) is 42.5 Å². The highest BCUT2D eigenvalue weighted by Crippen LogP contribution is 2.40. The van der Waals surface area contributed by atoms with E-state index in [1.165, 1.54) is 16.2 Å². The van der Waals surface area contributed by atoms with E-state index in [9.17, 15) is 4.79 Å². The SMILES string of the molecule is COc1ccc(OC)c2sc(N(CC[NH+](C)C)C(=O)CCc3ccccc3)nc12. The molecule has 3 aromatic rings. The third-order valence-corrected chi connectivity index (χ3v) is 5.83. The average molecular weight is 415 g/mol. The number of likely N-dealkylation sites (N-methyl/N-ethyl adjacent to an activating group) is 1. The molecule has 0 fully saturated rings. The molecule has 0 radical (unpaired) electrons. The summed E-state index contributed by atoms with van der Waals surface area (Å²) in [5, 5.41) is 0.683. The van der Waals surface area contributed by atoms with Crippen molar-refractivity contribution in [3.63, 3.8) is 0 Å². The second-order valence-electron chi connectivity index (χ2n) is 7.13. The molecule has 0 aliphatic carbocycles. The first-order chi connectivity index (χ1) is 14.0. The molecule has 1 heterocycles. The maximum atomic E-state index is 13.1. The van der Waals surface area contributed by atoms with Gasteiger partial charge in [-0.15, -0.1) is 0 Å². The number of nitrogens with one attached hydrogen (secondary N) is 1.